The first kappa shape index (κ1) is 16.3. The lowest BCUT2D eigenvalue weighted by molar-refractivity contribution is 0.0981. The van der Waals surface area contributed by atoms with Gasteiger partial charge in [0.2, 0.25) is 0 Å². The van der Waals surface area contributed by atoms with Gasteiger partial charge in [-0.2, -0.15) is 0 Å². The van der Waals surface area contributed by atoms with E-state index in [0.29, 0.717) is 12.1 Å². The van der Waals surface area contributed by atoms with Gasteiger partial charge in [-0.1, -0.05) is 19.1 Å². The maximum Gasteiger partial charge on any atom is 0.119 e. The molecular formula is C18H29NO2. The Balaban J connectivity index is 1.66. The minimum absolute atomic E-state index is 0.401. The number of ether oxygens (including phenoxy) is 2. The van der Waals surface area contributed by atoms with Gasteiger partial charge in [0.05, 0.1) is 12.7 Å². The van der Waals surface area contributed by atoms with Crippen molar-refractivity contribution in [3.8, 4) is 5.75 Å². The van der Waals surface area contributed by atoms with E-state index < -0.39 is 0 Å². The topological polar surface area (TPSA) is 30.5 Å². The Morgan fingerprint density at radius 1 is 1.33 bits per heavy atom. The summed E-state index contributed by atoms with van der Waals surface area (Å²) in [6.45, 7) is 7.17. The molecule has 1 aromatic rings. The van der Waals surface area contributed by atoms with Gasteiger partial charge in [0.25, 0.3) is 0 Å². The quantitative estimate of drug-likeness (QED) is 0.695. The van der Waals surface area contributed by atoms with Crippen molar-refractivity contribution in [2.24, 2.45) is 0 Å². The van der Waals surface area contributed by atoms with E-state index in [2.05, 4.69) is 43.4 Å². The summed E-state index contributed by atoms with van der Waals surface area (Å²) in [5.74, 6) is 0.966. The summed E-state index contributed by atoms with van der Waals surface area (Å²) in [5, 5.41) is 3.50. The zero-order valence-corrected chi connectivity index (χ0v) is 13.4. The molecule has 0 radical (unpaired) electrons. The molecule has 3 nitrogen and oxygen atoms in total. The summed E-state index contributed by atoms with van der Waals surface area (Å²) in [4.78, 5) is 0. The van der Waals surface area contributed by atoms with E-state index in [1.165, 1.54) is 18.4 Å². The molecule has 0 aliphatic carbocycles. The summed E-state index contributed by atoms with van der Waals surface area (Å²) < 4.78 is 11.4. The summed E-state index contributed by atoms with van der Waals surface area (Å²) in [6, 6.07) is 8.86. The number of nitrogens with one attached hydrogen (secondary N) is 1. The molecule has 1 N–H and O–H groups in total. The van der Waals surface area contributed by atoms with E-state index >= 15 is 0 Å². The molecule has 1 aliphatic heterocycles. The molecule has 0 spiro atoms. The molecule has 1 fully saturated rings. The van der Waals surface area contributed by atoms with Crippen molar-refractivity contribution >= 4 is 0 Å². The Labute approximate surface area is 129 Å². The predicted octanol–water partition coefficient (Wildman–Crippen LogP) is 4.09. The molecule has 1 aliphatic rings. The van der Waals surface area contributed by atoms with E-state index in [1.807, 2.05) is 0 Å². The van der Waals surface area contributed by atoms with Crippen LogP contribution in [0.4, 0.5) is 0 Å². The molecule has 0 bridgehead atoms. The van der Waals surface area contributed by atoms with Crippen LogP contribution in [0.3, 0.4) is 0 Å². The van der Waals surface area contributed by atoms with Gasteiger partial charge in [0.15, 0.2) is 0 Å². The lowest BCUT2D eigenvalue weighted by Crippen LogP contribution is -2.19. The van der Waals surface area contributed by atoms with Gasteiger partial charge in [-0.3, -0.25) is 0 Å². The Hall–Kier alpha value is -1.06. The summed E-state index contributed by atoms with van der Waals surface area (Å²) in [6.07, 6.45) is 6.27. The highest BCUT2D eigenvalue weighted by Gasteiger charge is 2.14. The number of benzene rings is 1. The van der Waals surface area contributed by atoms with Crippen LogP contribution >= 0.6 is 0 Å². The highest BCUT2D eigenvalue weighted by atomic mass is 16.5. The third-order valence-electron chi connectivity index (χ3n) is 4.04. The first-order valence-electron chi connectivity index (χ1n) is 8.37. The van der Waals surface area contributed by atoms with Gasteiger partial charge in [-0.05, 0) is 63.3 Å². The van der Waals surface area contributed by atoms with Crippen molar-refractivity contribution < 1.29 is 9.47 Å². The number of hydrogen-bond donors (Lipinski definition) is 1. The fourth-order valence-electron chi connectivity index (χ4n) is 2.70. The van der Waals surface area contributed by atoms with Gasteiger partial charge >= 0.3 is 0 Å². The Kier molecular flexibility index (Phi) is 7.04. The maximum absolute atomic E-state index is 5.81. The van der Waals surface area contributed by atoms with E-state index in [-0.39, 0.29) is 0 Å². The third-order valence-corrected chi connectivity index (χ3v) is 4.04. The molecule has 0 saturated carbocycles. The van der Waals surface area contributed by atoms with E-state index in [0.717, 1.165) is 44.8 Å². The second-order valence-corrected chi connectivity index (χ2v) is 5.87. The van der Waals surface area contributed by atoms with Crippen LogP contribution < -0.4 is 10.1 Å². The van der Waals surface area contributed by atoms with E-state index in [1.54, 1.807) is 0 Å². The molecule has 2 atom stereocenters. The Morgan fingerprint density at radius 3 is 2.81 bits per heavy atom. The monoisotopic (exact) mass is 291 g/mol. The lowest BCUT2D eigenvalue weighted by Gasteiger charge is -2.14. The SMILES string of the molecule is CCCNC(C)c1ccc(OCCCC2CCCO2)cc1. The van der Waals surface area contributed by atoms with Crippen LogP contribution in [0.1, 0.15) is 57.6 Å². The summed E-state index contributed by atoms with van der Waals surface area (Å²) in [5.41, 5.74) is 1.31. The van der Waals surface area contributed by atoms with Crippen LogP contribution in [0.25, 0.3) is 0 Å². The maximum atomic E-state index is 5.81. The van der Waals surface area contributed by atoms with Gasteiger partial charge in [-0.15, -0.1) is 0 Å². The smallest absolute Gasteiger partial charge is 0.119 e. The van der Waals surface area contributed by atoms with Crippen LogP contribution in [0.5, 0.6) is 5.75 Å². The van der Waals surface area contributed by atoms with E-state index in [4.69, 9.17) is 9.47 Å². The number of rotatable bonds is 9. The minimum atomic E-state index is 0.401. The van der Waals surface area contributed by atoms with Crippen LogP contribution in [0.15, 0.2) is 24.3 Å². The molecule has 2 unspecified atom stereocenters. The van der Waals surface area contributed by atoms with Gasteiger partial charge in [0.1, 0.15) is 5.75 Å². The predicted molar refractivity (Wildman–Crippen MR) is 86.9 cm³/mol. The average molecular weight is 291 g/mol. The van der Waals surface area contributed by atoms with Gasteiger partial charge in [-0.25, -0.2) is 0 Å². The fraction of sp³-hybridized carbons (Fsp3) is 0.667. The standard InChI is InChI=1S/C18H29NO2/c1-3-12-19-15(2)16-8-10-18(11-9-16)21-14-5-7-17-6-4-13-20-17/h8-11,15,17,19H,3-7,12-14H2,1-2H3. The zero-order chi connectivity index (χ0) is 14.9. The lowest BCUT2D eigenvalue weighted by atomic mass is 10.1. The van der Waals surface area contributed by atoms with Gasteiger partial charge in [0, 0.05) is 12.6 Å². The zero-order valence-electron chi connectivity index (χ0n) is 13.4. The largest absolute Gasteiger partial charge is 0.494 e. The Morgan fingerprint density at radius 2 is 2.14 bits per heavy atom. The molecule has 3 heteroatoms. The highest BCUT2D eigenvalue weighted by molar-refractivity contribution is 5.28. The molecular weight excluding hydrogens is 262 g/mol. The highest BCUT2D eigenvalue weighted by Crippen LogP contribution is 2.19. The summed E-state index contributed by atoms with van der Waals surface area (Å²) >= 11 is 0. The molecule has 1 heterocycles. The van der Waals surface area contributed by atoms with Crippen molar-refractivity contribution in [2.45, 2.75) is 58.1 Å². The molecule has 118 valence electrons. The third kappa shape index (κ3) is 5.68. The fourth-order valence-corrected chi connectivity index (χ4v) is 2.70. The second kappa shape index (κ2) is 9.06. The summed E-state index contributed by atoms with van der Waals surface area (Å²) in [7, 11) is 0. The van der Waals surface area contributed by atoms with Crippen LogP contribution in [0, 0.1) is 0 Å². The molecule has 21 heavy (non-hydrogen) atoms. The first-order valence-corrected chi connectivity index (χ1v) is 8.37. The normalized spacial score (nSPS) is 19.6. The molecule has 2 rings (SSSR count). The van der Waals surface area contributed by atoms with E-state index in [9.17, 15) is 0 Å². The van der Waals surface area contributed by atoms with Crippen molar-refractivity contribution in [3.63, 3.8) is 0 Å². The van der Waals surface area contributed by atoms with Gasteiger partial charge < -0.3 is 14.8 Å². The Bertz CT molecular complexity index is 385. The molecule has 1 aromatic carbocycles. The van der Waals surface area contributed by atoms with Crippen LogP contribution in [-0.2, 0) is 4.74 Å². The first-order chi connectivity index (χ1) is 10.3. The van der Waals surface area contributed by atoms with Crippen LogP contribution in [-0.4, -0.2) is 25.9 Å². The average Bonchev–Trinajstić information content (AvgIpc) is 3.03. The second-order valence-electron chi connectivity index (χ2n) is 5.87. The molecule has 1 saturated heterocycles. The van der Waals surface area contributed by atoms with Crippen molar-refractivity contribution in [1.82, 2.24) is 5.32 Å². The molecule has 0 amide bonds. The molecule has 0 aromatic heterocycles. The van der Waals surface area contributed by atoms with Crippen molar-refractivity contribution in [2.75, 3.05) is 19.8 Å². The minimum Gasteiger partial charge on any atom is -0.494 e. The van der Waals surface area contributed by atoms with Crippen molar-refractivity contribution in [3.05, 3.63) is 29.8 Å². The van der Waals surface area contributed by atoms with Crippen LogP contribution in [0.2, 0.25) is 0 Å². The van der Waals surface area contributed by atoms with Crippen molar-refractivity contribution in [1.29, 1.82) is 0 Å². The number of hydrogen-bond acceptors (Lipinski definition) is 3.